The van der Waals surface area contributed by atoms with Crippen LogP contribution in [0.2, 0.25) is 5.02 Å². The number of allylic oxidation sites excluding steroid dienone is 1. The van der Waals surface area contributed by atoms with Crippen molar-refractivity contribution in [1.29, 1.82) is 0 Å². The molecule has 0 aliphatic heterocycles. The van der Waals surface area contributed by atoms with Gasteiger partial charge in [0.1, 0.15) is 0 Å². The second-order valence-corrected chi connectivity index (χ2v) is 4.73. The predicted octanol–water partition coefficient (Wildman–Crippen LogP) is 5.16. The second kappa shape index (κ2) is 5.44. The normalized spacial score (nSPS) is 12.2. The molecule has 0 nitrogen and oxygen atoms in total. The van der Waals surface area contributed by atoms with Gasteiger partial charge in [-0.2, -0.15) is 0 Å². The molecule has 86 valence electrons. The summed E-state index contributed by atoms with van der Waals surface area (Å²) in [6.07, 6.45) is 0. The third kappa shape index (κ3) is 2.93. The highest BCUT2D eigenvalue weighted by molar-refractivity contribution is 7.90. The maximum absolute atomic E-state index is 5.88. The Labute approximate surface area is 112 Å². The summed E-state index contributed by atoms with van der Waals surface area (Å²) in [6.45, 7) is 2.07. The summed E-state index contributed by atoms with van der Waals surface area (Å²) in [6, 6.07) is 18.0. The summed E-state index contributed by atoms with van der Waals surface area (Å²) in [5.41, 5.74) is 3.42. The lowest BCUT2D eigenvalue weighted by molar-refractivity contribution is 1.57. The van der Waals surface area contributed by atoms with E-state index in [0.29, 0.717) is 0 Å². The summed E-state index contributed by atoms with van der Waals surface area (Å²) in [7, 11) is 0. The lowest BCUT2D eigenvalue weighted by Crippen LogP contribution is -1.84. The molecule has 0 amide bonds. The molecule has 2 heteroatoms. The fourth-order valence-corrected chi connectivity index (χ4v) is 2.05. The third-order valence-electron chi connectivity index (χ3n) is 2.68. The highest BCUT2D eigenvalue weighted by Gasteiger charge is 2.03. The van der Waals surface area contributed by atoms with Gasteiger partial charge in [-0.05, 0) is 35.8 Å². The first kappa shape index (κ1) is 12.3. The molecule has 0 bridgehead atoms. The predicted molar refractivity (Wildman–Crippen MR) is 79.4 cm³/mol. The molecule has 0 atom stereocenters. The van der Waals surface area contributed by atoms with Crippen molar-refractivity contribution < 1.29 is 0 Å². The Bertz CT molecular complexity index is 527. The van der Waals surface area contributed by atoms with Crippen molar-refractivity contribution >= 4 is 34.7 Å². The second-order valence-electron chi connectivity index (χ2n) is 3.85. The fourth-order valence-electron chi connectivity index (χ4n) is 1.65. The Kier molecular flexibility index (Phi) is 3.93. The molecule has 2 aromatic rings. The molecule has 0 saturated heterocycles. The Morgan fingerprint density at radius 2 is 1.47 bits per heavy atom. The Morgan fingerprint density at radius 1 is 0.882 bits per heavy atom. The van der Waals surface area contributed by atoms with Crippen molar-refractivity contribution in [3.63, 3.8) is 0 Å². The summed E-state index contributed by atoms with van der Waals surface area (Å²) < 4.78 is 0. The average Bonchev–Trinajstić information content (AvgIpc) is 2.39. The van der Waals surface area contributed by atoms with Gasteiger partial charge in [0.15, 0.2) is 0 Å². The van der Waals surface area contributed by atoms with Crippen LogP contribution in [0, 0.1) is 0 Å². The number of benzene rings is 2. The van der Waals surface area contributed by atoms with Crippen LogP contribution in [-0.2, 0) is 0 Å². The minimum absolute atomic E-state index is 0.752. The Balaban J connectivity index is 2.41. The number of hydrogen-bond acceptors (Lipinski definition) is 1. The van der Waals surface area contributed by atoms with Gasteiger partial charge >= 0.3 is 0 Å². The zero-order valence-electron chi connectivity index (χ0n) is 9.52. The molecule has 0 heterocycles. The van der Waals surface area contributed by atoms with Gasteiger partial charge in [-0.15, -0.1) is 12.6 Å². The quantitative estimate of drug-likeness (QED) is 0.560. The lowest BCUT2D eigenvalue weighted by Gasteiger charge is -2.07. The molecule has 0 aliphatic rings. The number of hydrogen-bond donors (Lipinski definition) is 1. The first-order chi connectivity index (χ1) is 8.18. The van der Waals surface area contributed by atoms with Crippen molar-refractivity contribution in [3.8, 4) is 0 Å². The monoisotopic (exact) mass is 260 g/mol. The minimum atomic E-state index is 0.752. The summed E-state index contributed by atoms with van der Waals surface area (Å²) in [5.74, 6) is 0. The van der Waals surface area contributed by atoms with Gasteiger partial charge in [0.2, 0.25) is 0 Å². The van der Waals surface area contributed by atoms with Gasteiger partial charge < -0.3 is 0 Å². The summed E-state index contributed by atoms with van der Waals surface area (Å²) in [4.78, 5) is 0.993. The van der Waals surface area contributed by atoms with Gasteiger partial charge in [0.25, 0.3) is 0 Å². The van der Waals surface area contributed by atoms with E-state index in [0.717, 1.165) is 26.6 Å². The zero-order chi connectivity index (χ0) is 12.3. The van der Waals surface area contributed by atoms with Crippen molar-refractivity contribution in [2.24, 2.45) is 0 Å². The molecule has 2 aromatic carbocycles. The van der Waals surface area contributed by atoms with Crippen molar-refractivity contribution in [3.05, 3.63) is 70.7 Å². The lowest BCUT2D eigenvalue weighted by atomic mass is 10.0. The molecule has 0 saturated carbocycles. The highest BCUT2D eigenvalue weighted by atomic mass is 35.5. The number of thiol groups is 1. The van der Waals surface area contributed by atoms with E-state index in [2.05, 4.69) is 31.7 Å². The van der Waals surface area contributed by atoms with Crippen LogP contribution in [0.4, 0.5) is 0 Å². The Morgan fingerprint density at radius 3 is 2.06 bits per heavy atom. The standard InChI is InChI=1S/C15H13ClS/c1-11(12-7-9-14(16)10-8-12)15(17)13-5-3-2-4-6-13/h2-10,17H,1H3/b15-11+. The van der Waals surface area contributed by atoms with Crippen LogP contribution in [-0.4, -0.2) is 0 Å². The molecule has 2 rings (SSSR count). The maximum atomic E-state index is 5.88. The van der Waals surface area contributed by atoms with Crippen LogP contribution in [0.15, 0.2) is 54.6 Å². The van der Waals surface area contributed by atoms with Crippen LogP contribution in [0.25, 0.3) is 10.5 Å². The largest absolute Gasteiger partial charge is 0.143 e. The van der Waals surface area contributed by atoms with Crippen molar-refractivity contribution in [2.75, 3.05) is 0 Å². The molecule has 17 heavy (non-hydrogen) atoms. The van der Waals surface area contributed by atoms with Crippen LogP contribution < -0.4 is 0 Å². The molecule has 0 aromatic heterocycles. The van der Waals surface area contributed by atoms with E-state index in [1.54, 1.807) is 0 Å². The molecule has 0 N–H and O–H groups in total. The fraction of sp³-hybridized carbons (Fsp3) is 0.0667. The first-order valence-electron chi connectivity index (χ1n) is 5.39. The van der Waals surface area contributed by atoms with E-state index >= 15 is 0 Å². The van der Waals surface area contributed by atoms with Crippen LogP contribution in [0.3, 0.4) is 0 Å². The maximum Gasteiger partial charge on any atom is 0.0406 e. The van der Waals surface area contributed by atoms with Gasteiger partial charge in [0, 0.05) is 9.93 Å². The number of halogens is 1. The van der Waals surface area contributed by atoms with E-state index in [1.165, 1.54) is 0 Å². The van der Waals surface area contributed by atoms with Crippen LogP contribution in [0.1, 0.15) is 18.1 Å². The highest BCUT2D eigenvalue weighted by Crippen LogP contribution is 2.29. The van der Waals surface area contributed by atoms with Gasteiger partial charge in [-0.1, -0.05) is 54.1 Å². The molecule has 0 radical (unpaired) electrons. The topological polar surface area (TPSA) is 0 Å². The van der Waals surface area contributed by atoms with E-state index in [1.807, 2.05) is 42.5 Å². The molecule has 0 spiro atoms. The van der Waals surface area contributed by atoms with Crippen molar-refractivity contribution in [1.82, 2.24) is 0 Å². The van der Waals surface area contributed by atoms with E-state index in [9.17, 15) is 0 Å². The van der Waals surface area contributed by atoms with E-state index in [4.69, 9.17) is 11.6 Å². The van der Waals surface area contributed by atoms with Crippen LogP contribution in [0.5, 0.6) is 0 Å². The first-order valence-corrected chi connectivity index (χ1v) is 6.22. The minimum Gasteiger partial charge on any atom is -0.143 e. The van der Waals surface area contributed by atoms with Crippen LogP contribution >= 0.6 is 24.2 Å². The average molecular weight is 261 g/mol. The molecule has 0 aliphatic carbocycles. The van der Waals surface area contributed by atoms with E-state index < -0.39 is 0 Å². The van der Waals surface area contributed by atoms with Gasteiger partial charge in [-0.3, -0.25) is 0 Å². The van der Waals surface area contributed by atoms with E-state index in [-0.39, 0.29) is 0 Å². The van der Waals surface area contributed by atoms with Gasteiger partial charge in [0.05, 0.1) is 0 Å². The Hall–Kier alpha value is -1.18. The van der Waals surface area contributed by atoms with Gasteiger partial charge in [-0.25, -0.2) is 0 Å². The zero-order valence-corrected chi connectivity index (χ0v) is 11.2. The summed E-state index contributed by atoms with van der Waals surface area (Å²) >= 11 is 10.5. The smallest absolute Gasteiger partial charge is 0.0406 e. The number of rotatable bonds is 2. The SMILES string of the molecule is C/C(=C(\S)c1ccccc1)c1ccc(Cl)cc1. The van der Waals surface area contributed by atoms with Crippen molar-refractivity contribution in [2.45, 2.75) is 6.92 Å². The molecular formula is C15H13ClS. The molecule has 0 unspecified atom stereocenters. The summed E-state index contributed by atoms with van der Waals surface area (Å²) in [5, 5.41) is 0.752. The molecular weight excluding hydrogens is 248 g/mol. The third-order valence-corrected chi connectivity index (χ3v) is 3.53. The molecule has 0 fully saturated rings.